The van der Waals surface area contributed by atoms with Gasteiger partial charge in [0.05, 0.1) is 31.8 Å². The highest BCUT2D eigenvalue weighted by molar-refractivity contribution is 7.99. The van der Waals surface area contributed by atoms with Crippen molar-refractivity contribution in [3.8, 4) is 11.8 Å². The molecule has 3 aromatic rings. The Morgan fingerprint density at radius 3 is 2.43 bits per heavy atom. The van der Waals surface area contributed by atoms with E-state index in [1.165, 1.54) is 6.26 Å². The Morgan fingerprint density at radius 1 is 1.11 bits per heavy atom. The van der Waals surface area contributed by atoms with Crippen molar-refractivity contribution in [3.63, 3.8) is 0 Å². The van der Waals surface area contributed by atoms with Gasteiger partial charge < -0.3 is 19.2 Å². The number of carbonyl (C=O) groups is 1. The Morgan fingerprint density at radius 2 is 1.82 bits per heavy atom. The van der Waals surface area contributed by atoms with E-state index in [2.05, 4.69) is 15.3 Å². The number of methoxy groups -OCH3 is 2. The number of ether oxygens (including phenoxy) is 2. The number of benzene rings is 1. The predicted octanol–water partition coefficient (Wildman–Crippen LogP) is 3.34. The van der Waals surface area contributed by atoms with Gasteiger partial charge in [0.1, 0.15) is 0 Å². The van der Waals surface area contributed by atoms with Crippen LogP contribution in [0.15, 0.2) is 59.2 Å². The van der Waals surface area contributed by atoms with Crippen LogP contribution in [0.25, 0.3) is 0 Å². The van der Waals surface area contributed by atoms with E-state index in [-0.39, 0.29) is 11.2 Å². The van der Waals surface area contributed by atoms with Crippen LogP contribution in [0.2, 0.25) is 0 Å². The third-order valence-electron chi connectivity index (χ3n) is 3.87. The number of nitrogens with one attached hydrogen (secondary N) is 1. The van der Waals surface area contributed by atoms with E-state index in [0.717, 1.165) is 5.56 Å². The molecule has 0 spiro atoms. The predicted molar refractivity (Wildman–Crippen MR) is 107 cm³/mol. The molecule has 0 aliphatic rings. The summed E-state index contributed by atoms with van der Waals surface area (Å²) < 4.78 is 15.6. The zero-order valence-corrected chi connectivity index (χ0v) is 16.4. The highest BCUT2D eigenvalue weighted by Gasteiger charge is 2.20. The van der Waals surface area contributed by atoms with Crippen LogP contribution in [0.1, 0.15) is 27.2 Å². The van der Waals surface area contributed by atoms with E-state index in [1.54, 1.807) is 44.2 Å². The van der Waals surface area contributed by atoms with E-state index >= 15 is 0 Å². The molecule has 0 aliphatic heterocycles. The summed E-state index contributed by atoms with van der Waals surface area (Å²) in [7, 11) is 3.11. The number of rotatable bonds is 9. The van der Waals surface area contributed by atoms with Gasteiger partial charge in [0.2, 0.25) is 11.8 Å². The number of aromatic nitrogens is 2. The summed E-state index contributed by atoms with van der Waals surface area (Å²) in [4.78, 5) is 21.0. The van der Waals surface area contributed by atoms with Gasteiger partial charge in [-0.25, -0.2) is 0 Å². The second-order valence-corrected chi connectivity index (χ2v) is 6.92. The standard InChI is InChI=1S/C20H21N3O4S/c1-25-16-13-17(26-2)23-19(22-16)18(14-7-4-3-5-8-14)28-12-10-21-20(24)15-9-6-11-27-15/h3-9,11,13,18H,10,12H2,1-2H3,(H,21,24)/t18-/m0/s1. The van der Waals surface area contributed by atoms with Crippen molar-refractivity contribution in [2.24, 2.45) is 0 Å². The maximum Gasteiger partial charge on any atom is 0.287 e. The van der Waals surface area contributed by atoms with Crippen LogP contribution in [0.5, 0.6) is 11.8 Å². The van der Waals surface area contributed by atoms with Gasteiger partial charge in [0.15, 0.2) is 11.6 Å². The molecule has 8 heteroatoms. The van der Waals surface area contributed by atoms with Crippen LogP contribution in [-0.2, 0) is 0 Å². The first-order chi connectivity index (χ1) is 13.7. The van der Waals surface area contributed by atoms with Crippen LogP contribution in [0, 0.1) is 0 Å². The third-order valence-corrected chi connectivity index (χ3v) is 5.12. The molecule has 1 amide bonds. The van der Waals surface area contributed by atoms with Crippen molar-refractivity contribution in [2.45, 2.75) is 5.25 Å². The summed E-state index contributed by atoms with van der Waals surface area (Å²) in [5.41, 5.74) is 1.06. The number of hydrogen-bond acceptors (Lipinski definition) is 7. The average Bonchev–Trinajstić information content (AvgIpc) is 3.29. The molecule has 3 rings (SSSR count). The summed E-state index contributed by atoms with van der Waals surface area (Å²) in [5.74, 6) is 2.19. The van der Waals surface area contributed by atoms with Crippen molar-refractivity contribution in [1.29, 1.82) is 0 Å². The zero-order chi connectivity index (χ0) is 19.8. The lowest BCUT2D eigenvalue weighted by Crippen LogP contribution is -2.25. The lowest BCUT2D eigenvalue weighted by Gasteiger charge is -2.17. The van der Waals surface area contributed by atoms with Gasteiger partial charge in [-0.2, -0.15) is 9.97 Å². The first-order valence-corrected chi connectivity index (χ1v) is 9.71. The lowest BCUT2D eigenvalue weighted by atomic mass is 10.1. The number of furan rings is 1. The summed E-state index contributed by atoms with van der Waals surface area (Å²) in [6.45, 7) is 0.481. The molecular formula is C20H21N3O4S. The molecule has 0 radical (unpaired) electrons. The molecule has 2 aromatic heterocycles. The van der Waals surface area contributed by atoms with Crippen molar-refractivity contribution >= 4 is 17.7 Å². The Bertz CT molecular complexity index is 865. The summed E-state index contributed by atoms with van der Waals surface area (Å²) >= 11 is 1.62. The van der Waals surface area contributed by atoms with Crippen molar-refractivity contribution in [3.05, 3.63) is 71.9 Å². The van der Waals surface area contributed by atoms with Crippen LogP contribution < -0.4 is 14.8 Å². The van der Waals surface area contributed by atoms with Gasteiger partial charge in [-0.05, 0) is 17.7 Å². The summed E-state index contributed by atoms with van der Waals surface area (Å²) in [6, 6.07) is 14.9. The second-order valence-electron chi connectivity index (χ2n) is 5.71. The zero-order valence-electron chi connectivity index (χ0n) is 15.6. The topological polar surface area (TPSA) is 86.5 Å². The number of hydrogen-bond donors (Lipinski definition) is 1. The van der Waals surface area contributed by atoms with E-state index in [9.17, 15) is 4.79 Å². The molecule has 0 saturated heterocycles. The fraction of sp³-hybridized carbons (Fsp3) is 0.250. The Hall–Kier alpha value is -3.00. The lowest BCUT2D eigenvalue weighted by molar-refractivity contribution is 0.0928. The Balaban J connectivity index is 1.72. The molecule has 1 aromatic carbocycles. The number of amides is 1. The molecule has 0 fully saturated rings. The molecule has 2 heterocycles. The molecule has 0 aliphatic carbocycles. The number of thioether (sulfide) groups is 1. The first-order valence-electron chi connectivity index (χ1n) is 8.66. The summed E-state index contributed by atoms with van der Waals surface area (Å²) in [5, 5.41) is 2.71. The molecule has 28 heavy (non-hydrogen) atoms. The fourth-order valence-corrected chi connectivity index (χ4v) is 3.59. The second kappa shape index (κ2) is 9.80. The normalized spacial score (nSPS) is 11.6. The molecule has 0 bridgehead atoms. The number of nitrogens with zero attached hydrogens (tertiary/aromatic N) is 2. The minimum Gasteiger partial charge on any atom is -0.481 e. The molecule has 0 unspecified atom stereocenters. The third kappa shape index (κ3) is 5.04. The smallest absolute Gasteiger partial charge is 0.287 e. The van der Waals surface area contributed by atoms with Gasteiger partial charge in [0.25, 0.3) is 5.91 Å². The first kappa shape index (κ1) is 19.8. The van der Waals surface area contributed by atoms with Gasteiger partial charge in [-0.15, -0.1) is 11.8 Å². The van der Waals surface area contributed by atoms with Crippen LogP contribution >= 0.6 is 11.8 Å². The van der Waals surface area contributed by atoms with Crippen LogP contribution in [0.4, 0.5) is 0 Å². The molecule has 7 nitrogen and oxygen atoms in total. The highest BCUT2D eigenvalue weighted by atomic mass is 32.2. The molecule has 146 valence electrons. The molecular weight excluding hydrogens is 378 g/mol. The minimum absolute atomic E-state index is 0.134. The largest absolute Gasteiger partial charge is 0.481 e. The quantitative estimate of drug-likeness (QED) is 0.552. The monoisotopic (exact) mass is 399 g/mol. The van der Waals surface area contributed by atoms with Crippen molar-refractivity contribution in [1.82, 2.24) is 15.3 Å². The van der Waals surface area contributed by atoms with E-state index in [4.69, 9.17) is 13.9 Å². The number of carbonyl (C=O) groups excluding carboxylic acids is 1. The Labute approximate surface area is 167 Å². The average molecular weight is 399 g/mol. The Kier molecular flexibility index (Phi) is 6.91. The van der Waals surface area contributed by atoms with E-state index < -0.39 is 0 Å². The molecule has 0 saturated carbocycles. The maximum atomic E-state index is 12.0. The SMILES string of the molecule is COc1cc(OC)nc([C@@H](SCCNC(=O)c2ccco2)c2ccccc2)n1. The maximum absolute atomic E-state index is 12.0. The van der Waals surface area contributed by atoms with Crippen LogP contribution in [-0.4, -0.2) is 42.4 Å². The van der Waals surface area contributed by atoms with Gasteiger partial charge in [-0.3, -0.25) is 4.79 Å². The van der Waals surface area contributed by atoms with Gasteiger partial charge >= 0.3 is 0 Å². The van der Waals surface area contributed by atoms with Crippen molar-refractivity contribution < 1.29 is 18.7 Å². The molecule has 1 N–H and O–H groups in total. The summed E-state index contributed by atoms with van der Waals surface area (Å²) in [6.07, 6.45) is 1.47. The van der Waals surface area contributed by atoms with E-state index in [1.807, 2.05) is 30.3 Å². The van der Waals surface area contributed by atoms with Crippen LogP contribution in [0.3, 0.4) is 0 Å². The minimum atomic E-state index is -0.235. The van der Waals surface area contributed by atoms with Crippen molar-refractivity contribution in [2.75, 3.05) is 26.5 Å². The fourth-order valence-electron chi connectivity index (χ4n) is 2.53. The van der Waals surface area contributed by atoms with Gasteiger partial charge in [0, 0.05) is 12.3 Å². The molecule has 1 atom stereocenters. The highest BCUT2D eigenvalue weighted by Crippen LogP contribution is 2.35. The van der Waals surface area contributed by atoms with E-state index in [0.29, 0.717) is 35.6 Å². The van der Waals surface area contributed by atoms with Gasteiger partial charge in [-0.1, -0.05) is 30.3 Å².